The molecule has 0 aliphatic rings. The van der Waals surface area contributed by atoms with E-state index in [-0.39, 0.29) is 23.7 Å². The summed E-state index contributed by atoms with van der Waals surface area (Å²) >= 11 is 0. The second-order valence-corrected chi connectivity index (χ2v) is 4.09. The van der Waals surface area contributed by atoms with Gasteiger partial charge < -0.3 is 20.4 Å². The smallest absolute Gasteiger partial charge is 0.303 e. The summed E-state index contributed by atoms with van der Waals surface area (Å²) < 4.78 is 0. The molecule has 0 saturated heterocycles. The molecule has 0 amide bonds. The quantitative estimate of drug-likeness (QED) is 0.690. The number of aromatic hydroxyl groups is 3. The number of phenols is 3. The first-order valence-electron chi connectivity index (χ1n) is 5.95. The molecule has 0 aliphatic carbocycles. The third kappa shape index (κ3) is 6.30. The molecule has 0 heterocycles. The van der Waals surface area contributed by atoms with Gasteiger partial charge in [0, 0.05) is 24.6 Å². The maximum atomic E-state index is 10.2. The number of hydrogen-bond donors (Lipinski definition) is 4. The Labute approximate surface area is 116 Å². The van der Waals surface area contributed by atoms with Gasteiger partial charge in [-0.05, 0) is 12.0 Å². The highest BCUT2D eigenvalue weighted by Gasteiger charge is 1.96. The molecular formula is C15H16O5. The number of carbonyl (C=O) groups is 1. The second-order valence-electron chi connectivity index (χ2n) is 4.09. The van der Waals surface area contributed by atoms with Crippen molar-refractivity contribution in [1.82, 2.24) is 0 Å². The third-order valence-electron chi connectivity index (χ3n) is 2.36. The summed E-state index contributed by atoms with van der Waals surface area (Å²) in [5.41, 5.74) is 1.08. The molecule has 0 aliphatic heterocycles. The molecule has 2 aromatic rings. The van der Waals surface area contributed by atoms with Gasteiger partial charge in [-0.3, -0.25) is 4.79 Å². The first-order chi connectivity index (χ1) is 9.47. The third-order valence-corrected chi connectivity index (χ3v) is 2.36. The monoisotopic (exact) mass is 276 g/mol. The Kier molecular flexibility index (Phi) is 5.90. The predicted molar refractivity (Wildman–Crippen MR) is 73.8 cm³/mol. The van der Waals surface area contributed by atoms with Crippen molar-refractivity contribution in [3.8, 4) is 17.2 Å². The lowest BCUT2D eigenvalue weighted by atomic mass is 10.1. The highest BCUT2D eigenvalue weighted by atomic mass is 16.4. The number of rotatable bonds is 3. The van der Waals surface area contributed by atoms with E-state index in [9.17, 15) is 4.79 Å². The van der Waals surface area contributed by atoms with Gasteiger partial charge in [-0.15, -0.1) is 0 Å². The largest absolute Gasteiger partial charge is 0.508 e. The predicted octanol–water partition coefficient (Wildman–Crippen LogP) is 2.51. The number of hydrogen-bond acceptors (Lipinski definition) is 4. The van der Waals surface area contributed by atoms with Crippen LogP contribution in [0.5, 0.6) is 17.2 Å². The number of carboxylic acids is 1. The summed E-state index contributed by atoms with van der Waals surface area (Å²) in [5.74, 6) is -1.18. The lowest BCUT2D eigenvalue weighted by molar-refractivity contribution is -0.136. The van der Waals surface area contributed by atoms with E-state index in [2.05, 4.69) is 0 Å². The number of phenolic OH excluding ortho intramolecular Hbond substituents is 3. The van der Waals surface area contributed by atoms with Crippen molar-refractivity contribution < 1.29 is 25.2 Å². The van der Waals surface area contributed by atoms with Crippen LogP contribution in [0.15, 0.2) is 48.5 Å². The topological polar surface area (TPSA) is 98.0 Å². The molecule has 0 bridgehead atoms. The summed E-state index contributed by atoms with van der Waals surface area (Å²) in [6.07, 6.45) is 0.834. The minimum Gasteiger partial charge on any atom is -0.508 e. The Morgan fingerprint density at radius 2 is 1.30 bits per heavy atom. The van der Waals surface area contributed by atoms with Gasteiger partial charge in [-0.1, -0.05) is 30.3 Å². The van der Waals surface area contributed by atoms with Crippen LogP contribution < -0.4 is 0 Å². The molecule has 0 saturated carbocycles. The highest BCUT2D eigenvalue weighted by molar-refractivity contribution is 5.67. The van der Waals surface area contributed by atoms with Crippen LogP contribution in [0.2, 0.25) is 0 Å². The Bertz CT molecular complexity index is 501. The zero-order chi connectivity index (χ0) is 15.0. The fourth-order valence-electron chi connectivity index (χ4n) is 1.48. The van der Waals surface area contributed by atoms with Crippen LogP contribution >= 0.6 is 0 Å². The maximum Gasteiger partial charge on any atom is 0.303 e. The molecule has 0 radical (unpaired) electrons. The van der Waals surface area contributed by atoms with Crippen LogP contribution in [0.1, 0.15) is 12.0 Å². The zero-order valence-corrected chi connectivity index (χ0v) is 10.7. The Morgan fingerprint density at radius 3 is 1.70 bits per heavy atom. The fraction of sp³-hybridized carbons (Fsp3) is 0.133. The number of benzene rings is 2. The van der Waals surface area contributed by atoms with Crippen LogP contribution in [-0.4, -0.2) is 26.4 Å². The van der Waals surface area contributed by atoms with Crippen molar-refractivity contribution in [2.45, 2.75) is 12.8 Å². The van der Waals surface area contributed by atoms with Gasteiger partial charge in [0.1, 0.15) is 17.2 Å². The van der Waals surface area contributed by atoms with Gasteiger partial charge in [0.15, 0.2) is 0 Å². The molecule has 2 rings (SSSR count). The molecule has 0 aromatic heterocycles. The van der Waals surface area contributed by atoms with E-state index in [1.807, 2.05) is 30.3 Å². The van der Waals surface area contributed by atoms with Gasteiger partial charge >= 0.3 is 5.97 Å². The zero-order valence-electron chi connectivity index (χ0n) is 10.7. The van der Waals surface area contributed by atoms with Crippen molar-refractivity contribution >= 4 is 5.97 Å². The minimum atomic E-state index is -0.742. The first kappa shape index (κ1) is 15.4. The summed E-state index contributed by atoms with van der Waals surface area (Å²) in [5, 5.41) is 34.4. The summed E-state index contributed by atoms with van der Waals surface area (Å²) in [4.78, 5) is 10.2. The first-order valence-corrected chi connectivity index (χ1v) is 5.95. The van der Waals surface area contributed by atoms with Gasteiger partial charge in [-0.25, -0.2) is 0 Å². The fourth-order valence-corrected chi connectivity index (χ4v) is 1.48. The molecule has 0 unspecified atom stereocenters. The highest BCUT2D eigenvalue weighted by Crippen LogP contribution is 2.23. The van der Waals surface area contributed by atoms with E-state index >= 15 is 0 Å². The molecule has 0 fully saturated rings. The number of carboxylic acid groups (broad SMARTS) is 1. The van der Waals surface area contributed by atoms with E-state index in [1.54, 1.807) is 0 Å². The Balaban J connectivity index is 0.000000204. The minimum absolute atomic E-state index is 0.146. The SMILES string of the molecule is O=C(O)CCc1ccccc1.Oc1cc(O)cc(O)c1. The van der Waals surface area contributed by atoms with Crippen molar-refractivity contribution in [2.75, 3.05) is 0 Å². The van der Waals surface area contributed by atoms with E-state index < -0.39 is 5.97 Å². The van der Waals surface area contributed by atoms with E-state index in [4.69, 9.17) is 20.4 Å². The Morgan fingerprint density at radius 1 is 0.850 bits per heavy atom. The van der Waals surface area contributed by atoms with Crippen molar-refractivity contribution in [3.63, 3.8) is 0 Å². The maximum absolute atomic E-state index is 10.2. The Hall–Kier alpha value is -2.69. The average Bonchev–Trinajstić information content (AvgIpc) is 2.36. The molecular weight excluding hydrogens is 260 g/mol. The van der Waals surface area contributed by atoms with Crippen molar-refractivity contribution in [3.05, 3.63) is 54.1 Å². The van der Waals surface area contributed by atoms with Crippen molar-refractivity contribution in [1.29, 1.82) is 0 Å². The van der Waals surface area contributed by atoms with Crippen LogP contribution in [-0.2, 0) is 11.2 Å². The lowest BCUT2D eigenvalue weighted by Crippen LogP contribution is -1.96. The molecule has 2 aromatic carbocycles. The van der Waals surface area contributed by atoms with E-state index in [0.29, 0.717) is 6.42 Å². The lowest BCUT2D eigenvalue weighted by Gasteiger charge is -1.95. The van der Waals surface area contributed by atoms with Crippen LogP contribution in [0.3, 0.4) is 0 Å². The molecule has 0 spiro atoms. The molecule has 0 atom stereocenters. The van der Waals surface area contributed by atoms with Gasteiger partial charge in [0.05, 0.1) is 0 Å². The van der Waals surface area contributed by atoms with Crippen molar-refractivity contribution in [2.24, 2.45) is 0 Å². The summed E-state index contributed by atoms with van der Waals surface area (Å²) in [7, 11) is 0. The molecule has 5 heteroatoms. The number of aryl methyl sites for hydroxylation is 1. The van der Waals surface area contributed by atoms with Gasteiger partial charge in [0.2, 0.25) is 0 Å². The van der Waals surface area contributed by atoms with Crippen LogP contribution in [0.4, 0.5) is 0 Å². The van der Waals surface area contributed by atoms with Crippen LogP contribution in [0.25, 0.3) is 0 Å². The second kappa shape index (κ2) is 7.68. The standard InChI is InChI=1S/C9H10O2.C6H6O3/c10-9(11)7-6-8-4-2-1-3-5-8;7-4-1-5(8)3-6(9)2-4/h1-5H,6-7H2,(H,10,11);1-3,7-9H. The van der Waals surface area contributed by atoms with Gasteiger partial charge in [-0.2, -0.15) is 0 Å². The number of aliphatic carboxylic acids is 1. The van der Waals surface area contributed by atoms with E-state index in [0.717, 1.165) is 23.8 Å². The van der Waals surface area contributed by atoms with Gasteiger partial charge in [0.25, 0.3) is 0 Å². The summed E-state index contributed by atoms with van der Waals surface area (Å²) in [6, 6.07) is 13.0. The summed E-state index contributed by atoms with van der Waals surface area (Å²) in [6.45, 7) is 0. The molecule has 106 valence electrons. The average molecular weight is 276 g/mol. The van der Waals surface area contributed by atoms with Crippen LogP contribution in [0, 0.1) is 0 Å². The van der Waals surface area contributed by atoms with E-state index in [1.165, 1.54) is 0 Å². The molecule has 20 heavy (non-hydrogen) atoms. The molecule has 4 N–H and O–H groups in total. The normalized spacial score (nSPS) is 9.40. The molecule has 5 nitrogen and oxygen atoms in total.